The average molecular weight is 502 g/mol. The van der Waals surface area contributed by atoms with Gasteiger partial charge in [-0.05, 0) is 28.8 Å². The van der Waals surface area contributed by atoms with Crippen LogP contribution < -0.4 is 10.2 Å². The summed E-state index contributed by atoms with van der Waals surface area (Å²) in [6.07, 6.45) is 4.56. The van der Waals surface area contributed by atoms with Gasteiger partial charge in [0.05, 0.1) is 0 Å². The zero-order chi connectivity index (χ0) is 19.2. The maximum absolute atomic E-state index is 4.47. The number of hydrogen-bond donors (Lipinski definition) is 1. The summed E-state index contributed by atoms with van der Waals surface area (Å²) in [6, 6.07) is 17.0. The van der Waals surface area contributed by atoms with E-state index in [0.29, 0.717) is 0 Å². The normalized spacial score (nSPS) is 14.6. The van der Waals surface area contributed by atoms with E-state index in [1.165, 1.54) is 16.3 Å². The number of anilines is 1. The molecule has 1 aliphatic heterocycles. The minimum Gasteiger partial charge on any atom is -0.356 e. The van der Waals surface area contributed by atoms with Crippen molar-refractivity contribution in [3.8, 4) is 0 Å². The second kappa shape index (κ2) is 10.4. The maximum atomic E-state index is 4.47. The molecule has 0 aliphatic carbocycles. The van der Waals surface area contributed by atoms with Crippen molar-refractivity contribution >= 4 is 46.7 Å². The number of rotatable bonds is 4. The molecule has 2 heterocycles. The summed E-state index contributed by atoms with van der Waals surface area (Å²) in [4.78, 5) is 17.7. The molecule has 152 valence electrons. The van der Waals surface area contributed by atoms with Crippen molar-refractivity contribution in [2.45, 2.75) is 6.42 Å². The number of aromatic nitrogens is 2. The molecule has 3 aromatic rings. The lowest BCUT2D eigenvalue weighted by Gasteiger charge is -2.36. The summed E-state index contributed by atoms with van der Waals surface area (Å²) < 4.78 is 0. The SMILES string of the molecule is CN=C(NCCc1ccc2ccccc2c1)N1CCN(c2ncccn2)CC1.I. The van der Waals surface area contributed by atoms with Crippen LogP contribution in [-0.4, -0.2) is 60.6 Å². The van der Waals surface area contributed by atoms with E-state index < -0.39 is 0 Å². The molecule has 1 aliphatic rings. The van der Waals surface area contributed by atoms with Gasteiger partial charge in [0, 0.05) is 52.2 Å². The Morgan fingerprint density at radius 3 is 2.41 bits per heavy atom. The molecule has 1 saturated heterocycles. The van der Waals surface area contributed by atoms with Crippen molar-refractivity contribution in [3.05, 3.63) is 66.5 Å². The Balaban J connectivity index is 0.00000240. The number of fused-ring (bicyclic) bond motifs is 1. The number of piperazine rings is 1. The van der Waals surface area contributed by atoms with E-state index >= 15 is 0 Å². The van der Waals surface area contributed by atoms with Crippen LogP contribution in [-0.2, 0) is 6.42 Å². The maximum Gasteiger partial charge on any atom is 0.225 e. The zero-order valence-corrected chi connectivity index (χ0v) is 19.0. The molecule has 0 atom stereocenters. The van der Waals surface area contributed by atoms with Crippen LogP contribution in [0.25, 0.3) is 10.8 Å². The second-order valence-corrected chi connectivity index (χ2v) is 6.93. The molecule has 0 spiro atoms. The molecule has 0 radical (unpaired) electrons. The summed E-state index contributed by atoms with van der Waals surface area (Å²) in [5.41, 5.74) is 1.34. The third-order valence-electron chi connectivity index (χ3n) is 5.14. The van der Waals surface area contributed by atoms with Gasteiger partial charge < -0.3 is 15.1 Å². The number of nitrogens with one attached hydrogen (secondary N) is 1. The van der Waals surface area contributed by atoms with Crippen LogP contribution in [0, 0.1) is 0 Å². The van der Waals surface area contributed by atoms with Gasteiger partial charge in [0.25, 0.3) is 0 Å². The van der Waals surface area contributed by atoms with Crippen LogP contribution in [0.3, 0.4) is 0 Å². The number of halogens is 1. The number of aliphatic imine (C=N–C) groups is 1. The van der Waals surface area contributed by atoms with Crippen LogP contribution in [0.1, 0.15) is 5.56 Å². The fourth-order valence-corrected chi connectivity index (χ4v) is 3.62. The first-order valence-electron chi connectivity index (χ1n) is 9.79. The van der Waals surface area contributed by atoms with Gasteiger partial charge in [0.15, 0.2) is 5.96 Å². The highest BCUT2D eigenvalue weighted by atomic mass is 127. The molecule has 2 aromatic carbocycles. The Hall–Kier alpha value is -2.42. The zero-order valence-electron chi connectivity index (χ0n) is 16.7. The summed E-state index contributed by atoms with van der Waals surface area (Å²) in [5.74, 6) is 1.77. The highest BCUT2D eigenvalue weighted by Gasteiger charge is 2.20. The van der Waals surface area contributed by atoms with E-state index in [-0.39, 0.29) is 24.0 Å². The van der Waals surface area contributed by atoms with Crippen LogP contribution in [0.5, 0.6) is 0 Å². The summed E-state index contributed by atoms with van der Waals surface area (Å²) in [5, 5.41) is 6.10. The molecule has 29 heavy (non-hydrogen) atoms. The van der Waals surface area contributed by atoms with Gasteiger partial charge in [0.2, 0.25) is 5.95 Å². The Labute approximate surface area is 189 Å². The van der Waals surface area contributed by atoms with Gasteiger partial charge in [-0.1, -0.05) is 42.5 Å². The standard InChI is InChI=1S/C22H26N6.HI/c1-23-21(27-13-15-28(16-14-27)22-24-10-4-11-25-22)26-12-9-18-7-8-19-5-2-3-6-20(19)17-18;/h2-8,10-11,17H,9,12-16H2,1H3,(H,23,26);1H. The molecular formula is C22H27IN6. The molecular weight excluding hydrogens is 475 g/mol. The highest BCUT2D eigenvalue weighted by Crippen LogP contribution is 2.16. The Morgan fingerprint density at radius 1 is 0.966 bits per heavy atom. The third-order valence-corrected chi connectivity index (χ3v) is 5.14. The van der Waals surface area contributed by atoms with Crippen molar-refractivity contribution in [1.29, 1.82) is 0 Å². The Morgan fingerprint density at radius 2 is 1.69 bits per heavy atom. The van der Waals surface area contributed by atoms with Gasteiger partial charge in [-0.25, -0.2) is 9.97 Å². The van der Waals surface area contributed by atoms with E-state index in [1.54, 1.807) is 12.4 Å². The van der Waals surface area contributed by atoms with Gasteiger partial charge >= 0.3 is 0 Å². The first-order valence-corrected chi connectivity index (χ1v) is 9.79. The topological polar surface area (TPSA) is 56.7 Å². The van der Waals surface area contributed by atoms with Gasteiger partial charge in [-0.2, -0.15) is 0 Å². The first-order chi connectivity index (χ1) is 13.8. The monoisotopic (exact) mass is 502 g/mol. The molecule has 1 aromatic heterocycles. The van der Waals surface area contributed by atoms with Crippen molar-refractivity contribution in [1.82, 2.24) is 20.2 Å². The summed E-state index contributed by atoms with van der Waals surface area (Å²) >= 11 is 0. The number of guanidine groups is 1. The lowest BCUT2D eigenvalue weighted by molar-refractivity contribution is 0.370. The van der Waals surface area contributed by atoms with Crippen molar-refractivity contribution in [2.75, 3.05) is 44.7 Å². The number of benzene rings is 2. The highest BCUT2D eigenvalue weighted by molar-refractivity contribution is 14.0. The molecule has 1 N–H and O–H groups in total. The Bertz CT molecular complexity index is 938. The number of nitrogens with zero attached hydrogens (tertiary/aromatic N) is 5. The molecule has 7 heteroatoms. The summed E-state index contributed by atoms with van der Waals surface area (Å²) in [6.45, 7) is 4.49. The summed E-state index contributed by atoms with van der Waals surface area (Å²) in [7, 11) is 1.85. The van der Waals surface area contributed by atoms with Crippen molar-refractivity contribution in [2.24, 2.45) is 4.99 Å². The average Bonchev–Trinajstić information content (AvgIpc) is 2.77. The first kappa shape index (κ1) is 21.3. The lowest BCUT2D eigenvalue weighted by Crippen LogP contribution is -2.53. The van der Waals surface area contributed by atoms with Crippen LogP contribution in [0.4, 0.5) is 5.95 Å². The van der Waals surface area contributed by atoms with Crippen molar-refractivity contribution in [3.63, 3.8) is 0 Å². The van der Waals surface area contributed by atoms with E-state index in [1.807, 2.05) is 13.1 Å². The van der Waals surface area contributed by atoms with E-state index in [2.05, 4.69) is 72.5 Å². The van der Waals surface area contributed by atoms with Crippen LogP contribution >= 0.6 is 24.0 Å². The third kappa shape index (κ3) is 5.35. The van der Waals surface area contributed by atoms with Gasteiger partial charge in [-0.3, -0.25) is 4.99 Å². The second-order valence-electron chi connectivity index (χ2n) is 6.93. The van der Waals surface area contributed by atoms with Crippen molar-refractivity contribution < 1.29 is 0 Å². The molecule has 0 bridgehead atoms. The molecule has 6 nitrogen and oxygen atoms in total. The predicted molar refractivity (Wildman–Crippen MR) is 130 cm³/mol. The van der Waals surface area contributed by atoms with Gasteiger partial charge in [0.1, 0.15) is 0 Å². The minimum absolute atomic E-state index is 0. The quantitative estimate of drug-likeness (QED) is 0.338. The molecule has 1 fully saturated rings. The smallest absolute Gasteiger partial charge is 0.225 e. The Kier molecular flexibility index (Phi) is 7.62. The van der Waals surface area contributed by atoms with Crippen LogP contribution in [0.15, 0.2) is 65.9 Å². The van der Waals surface area contributed by atoms with E-state index in [9.17, 15) is 0 Å². The molecule has 4 rings (SSSR count). The largest absolute Gasteiger partial charge is 0.356 e. The molecule has 0 amide bonds. The molecule has 0 saturated carbocycles. The fourth-order valence-electron chi connectivity index (χ4n) is 3.62. The van der Waals surface area contributed by atoms with Crippen LogP contribution in [0.2, 0.25) is 0 Å². The lowest BCUT2D eigenvalue weighted by atomic mass is 10.1. The van der Waals surface area contributed by atoms with Gasteiger partial charge in [-0.15, -0.1) is 24.0 Å². The fraction of sp³-hybridized carbons (Fsp3) is 0.318. The van der Waals surface area contributed by atoms with E-state index in [4.69, 9.17) is 0 Å². The predicted octanol–water partition coefficient (Wildman–Crippen LogP) is 3.19. The minimum atomic E-state index is 0. The number of hydrogen-bond acceptors (Lipinski definition) is 4. The molecule has 0 unspecified atom stereocenters. The van der Waals surface area contributed by atoms with E-state index in [0.717, 1.165) is 51.1 Å².